The third-order valence-electron chi connectivity index (χ3n) is 5.15. The molecule has 3 rings (SSSR count). The van der Waals surface area contributed by atoms with Crippen LogP contribution in [0.2, 0.25) is 5.02 Å². The molecule has 1 aliphatic carbocycles. The van der Waals surface area contributed by atoms with Gasteiger partial charge in [-0.25, -0.2) is 8.42 Å². The van der Waals surface area contributed by atoms with Crippen LogP contribution in [0.5, 0.6) is 0 Å². The van der Waals surface area contributed by atoms with E-state index in [1.165, 1.54) is 25.7 Å². The van der Waals surface area contributed by atoms with Crippen molar-refractivity contribution >= 4 is 21.6 Å². The zero-order valence-electron chi connectivity index (χ0n) is 13.6. The Balaban J connectivity index is 1.63. The van der Waals surface area contributed by atoms with E-state index in [1.807, 2.05) is 0 Å². The van der Waals surface area contributed by atoms with Crippen LogP contribution in [0.3, 0.4) is 0 Å². The van der Waals surface area contributed by atoms with Crippen molar-refractivity contribution in [1.82, 2.24) is 9.21 Å². The number of halogens is 1. The molecule has 0 amide bonds. The summed E-state index contributed by atoms with van der Waals surface area (Å²) in [6.07, 6.45) is 5.15. The Bertz CT molecular complexity index is 624. The van der Waals surface area contributed by atoms with Crippen molar-refractivity contribution in [2.45, 2.75) is 43.5 Å². The highest BCUT2D eigenvalue weighted by Gasteiger charge is 2.32. The van der Waals surface area contributed by atoms with Gasteiger partial charge in [-0.3, -0.25) is 4.90 Å². The van der Waals surface area contributed by atoms with Gasteiger partial charge >= 0.3 is 0 Å². The normalized spacial score (nSPS) is 27.9. The molecule has 4 nitrogen and oxygen atoms in total. The summed E-state index contributed by atoms with van der Waals surface area (Å²) in [5, 5.41) is 0.556. The molecule has 23 heavy (non-hydrogen) atoms. The third kappa shape index (κ3) is 3.90. The molecule has 1 heterocycles. The standard InChI is InChI=1S/C17H25ClN2O2S/c1-14-3-2-4-16(13-14)19-9-11-20(12-10-19)23(21,22)17-7-5-15(18)6-8-17/h5-8,14,16H,2-4,9-13H2,1H3. The molecule has 128 valence electrons. The first-order valence-electron chi connectivity index (χ1n) is 8.46. The predicted molar refractivity (Wildman–Crippen MR) is 93.2 cm³/mol. The quantitative estimate of drug-likeness (QED) is 0.834. The molecule has 1 saturated carbocycles. The molecule has 0 spiro atoms. The largest absolute Gasteiger partial charge is 0.298 e. The van der Waals surface area contributed by atoms with Crippen molar-refractivity contribution in [3.8, 4) is 0 Å². The highest BCUT2D eigenvalue weighted by Crippen LogP contribution is 2.28. The first-order chi connectivity index (χ1) is 11.0. The highest BCUT2D eigenvalue weighted by atomic mass is 35.5. The van der Waals surface area contributed by atoms with E-state index < -0.39 is 10.0 Å². The van der Waals surface area contributed by atoms with Crippen molar-refractivity contribution in [2.24, 2.45) is 5.92 Å². The van der Waals surface area contributed by atoms with E-state index in [1.54, 1.807) is 28.6 Å². The second-order valence-electron chi connectivity index (χ2n) is 6.82. The molecule has 0 aromatic heterocycles. The summed E-state index contributed by atoms with van der Waals surface area (Å²) in [6, 6.07) is 7.08. The molecule has 1 aliphatic heterocycles. The summed E-state index contributed by atoms with van der Waals surface area (Å²) in [4.78, 5) is 2.82. The molecular weight excluding hydrogens is 332 g/mol. The maximum atomic E-state index is 12.7. The van der Waals surface area contributed by atoms with Crippen LogP contribution in [-0.2, 0) is 10.0 Å². The minimum atomic E-state index is -3.40. The van der Waals surface area contributed by atoms with Gasteiger partial charge in [-0.05, 0) is 43.0 Å². The molecule has 0 N–H and O–H groups in total. The fourth-order valence-corrected chi connectivity index (χ4v) is 5.35. The van der Waals surface area contributed by atoms with Gasteiger partial charge in [0.15, 0.2) is 0 Å². The lowest BCUT2D eigenvalue weighted by molar-refractivity contribution is 0.0967. The number of sulfonamides is 1. The zero-order chi connectivity index (χ0) is 16.4. The summed E-state index contributed by atoms with van der Waals surface area (Å²) in [5.41, 5.74) is 0. The summed E-state index contributed by atoms with van der Waals surface area (Å²) >= 11 is 5.85. The number of piperazine rings is 1. The van der Waals surface area contributed by atoms with E-state index in [0.717, 1.165) is 19.0 Å². The maximum Gasteiger partial charge on any atom is 0.243 e. The minimum Gasteiger partial charge on any atom is -0.298 e. The van der Waals surface area contributed by atoms with Crippen LogP contribution in [-0.4, -0.2) is 49.8 Å². The summed E-state index contributed by atoms with van der Waals surface area (Å²) < 4.78 is 27.0. The van der Waals surface area contributed by atoms with Gasteiger partial charge in [-0.15, -0.1) is 0 Å². The Hall–Kier alpha value is -0.620. The average molecular weight is 357 g/mol. The van der Waals surface area contributed by atoms with Gasteiger partial charge in [0, 0.05) is 37.2 Å². The Morgan fingerprint density at radius 1 is 1.04 bits per heavy atom. The molecule has 6 heteroatoms. The van der Waals surface area contributed by atoms with Gasteiger partial charge < -0.3 is 0 Å². The number of rotatable bonds is 3. The summed E-state index contributed by atoms with van der Waals surface area (Å²) in [6.45, 7) is 5.16. The molecule has 2 atom stereocenters. The van der Waals surface area contributed by atoms with Crippen LogP contribution >= 0.6 is 11.6 Å². The molecule has 1 aromatic carbocycles. The van der Waals surface area contributed by atoms with Crippen molar-refractivity contribution in [3.05, 3.63) is 29.3 Å². The Morgan fingerprint density at radius 2 is 1.70 bits per heavy atom. The topological polar surface area (TPSA) is 40.6 Å². The molecule has 1 saturated heterocycles. The van der Waals surface area contributed by atoms with Gasteiger partial charge in [0.05, 0.1) is 4.90 Å². The summed E-state index contributed by atoms with van der Waals surface area (Å²) in [5.74, 6) is 0.796. The SMILES string of the molecule is CC1CCCC(N2CCN(S(=O)(=O)c3ccc(Cl)cc3)CC2)C1. The van der Waals surface area contributed by atoms with Crippen molar-refractivity contribution in [3.63, 3.8) is 0 Å². The predicted octanol–water partition coefficient (Wildman–Crippen LogP) is 3.23. The van der Waals surface area contributed by atoms with Crippen LogP contribution < -0.4 is 0 Å². The van der Waals surface area contributed by atoms with E-state index in [0.29, 0.717) is 29.0 Å². The smallest absolute Gasteiger partial charge is 0.243 e. The second-order valence-corrected chi connectivity index (χ2v) is 9.19. The Morgan fingerprint density at radius 3 is 2.30 bits per heavy atom. The molecular formula is C17H25ClN2O2S. The maximum absolute atomic E-state index is 12.7. The van der Waals surface area contributed by atoms with Crippen molar-refractivity contribution < 1.29 is 8.42 Å². The van der Waals surface area contributed by atoms with Gasteiger partial charge in [0.2, 0.25) is 10.0 Å². The lowest BCUT2D eigenvalue weighted by Crippen LogP contribution is -2.52. The Kier molecular flexibility index (Phi) is 5.31. The molecule has 2 unspecified atom stereocenters. The van der Waals surface area contributed by atoms with Crippen molar-refractivity contribution in [2.75, 3.05) is 26.2 Å². The number of hydrogen-bond acceptors (Lipinski definition) is 3. The monoisotopic (exact) mass is 356 g/mol. The lowest BCUT2D eigenvalue weighted by Gasteiger charge is -2.41. The molecule has 2 fully saturated rings. The number of nitrogens with zero attached hydrogens (tertiary/aromatic N) is 2. The number of hydrogen-bond donors (Lipinski definition) is 0. The van der Waals surface area contributed by atoms with Crippen LogP contribution in [0.1, 0.15) is 32.6 Å². The highest BCUT2D eigenvalue weighted by molar-refractivity contribution is 7.89. The molecule has 0 radical (unpaired) electrons. The summed E-state index contributed by atoms with van der Waals surface area (Å²) in [7, 11) is -3.40. The van der Waals surface area contributed by atoms with Crippen molar-refractivity contribution in [1.29, 1.82) is 0 Å². The van der Waals surface area contributed by atoms with E-state index in [4.69, 9.17) is 11.6 Å². The number of benzene rings is 1. The fourth-order valence-electron chi connectivity index (χ4n) is 3.80. The first-order valence-corrected chi connectivity index (χ1v) is 10.3. The van der Waals surface area contributed by atoms with E-state index >= 15 is 0 Å². The van der Waals surface area contributed by atoms with Gasteiger partial charge in [0.25, 0.3) is 0 Å². The van der Waals surface area contributed by atoms with Crippen LogP contribution in [0.25, 0.3) is 0 Å². The molecule has 1 aromatic rings. The lowest BCUT2D eigenvalue weighted by atomic mass is 9.86. The van der Waals surface area contributed by atoms with Gasteiger partial charge in [-0.1, -0.05) is 31.4 Å². The van der Waals surface area contributed by atoms with E-state index in [-0.39, 0.29) is 0 Å². The fraction of sp³-hybridized carbons (Fsp3) is 0.647. The molecule has 2 aliphatic rings. The van der Waals surface area contributed by atoms with E-state index in [2.05, 4.69) is 11.8 Å². The Labute approximate surface area is 144 Å². The van der Waals surface area contributed by atoms with Crippen LogP contribution in [0.4, 0.5) is 0 Å². The second kappa shape index (κ2) is 7.09. The van der Waals surface area contributed by atoms with Crippen LogP contribution in [0, 0.1) is 5.92 Å². The first kappa shape index (κ1) is 17.2. The van der Waals surface area contributed by atoms with Gasteiger partial charge in [-0.2, -0.15) is 4.31 Å². The third-order valence-corrected chi connectivity index (χ3v) is 7.31. The minimum absolute atomic E-state index is 0.335. The van der Waals surface area contributed by atoms with Crippen LogP contribution in [0.15, 0.2) is 29.2 Å². The van der Waals surface area contributed by atoms with Gasteiger partial charge in [0.1, 0.15) is 0 Å². The molecule has 0 bridgehead atoms. The zero-order valence-corrected chi connectivity index (χ0v) is 15.2. The van der Waals surface area contributed by atoms with E-state index in [9.17, 15) is 8.42 Å². The average Bonchev–Trinajstić information content (AvgIpc) is 2.55.